The lowest BCUT2D eigenvalue weighted by molar-refractivity contribution is -0.0341. The molecule has 27 heavy (non-hydrogen) atoms. The average molecular weight is 430 g/mol. The summed E-state index contributed by atoms with van der Waals surface area (Å²) in [7, 11) is -6.52. The lowest BCUT2D eigenvalue weighted by Crippen LogP contribution is -2.41. The molecule has 160 valence electrons. The van der Waals surface area contributed by atoms with Crippen molar-refractivity contribution in [3.8, 4) is 0 Å². The summed E-state index contributed by atoms with van der Waals surface area (Å²) in [6, 6.07) is -0.519. The second-order valence-electron chi connectivity index (χ2n) is 8.23. The number of aliphatic hydroxyl groups excluding tert-OH is 2. The highest BCUT2D eigenvalue weighted by Crippen LogP contribution is 2.59. The quantitative estimate of drug-likeness (QED) is 0.309. The van der Waals surface area contributed by atoms with Gasteiger partial charge in [0.1, 0.15) is 20.1 Å². The fourth-order valence-corrected chi connectivity index (χ4v) is 6.51. The van der Waals surface area contributed by atoms with E-state index in [1.54, 1.807) is 21.7 Å². The zero-order valence-electron chi connectivity index (χ0n) is 17.0. The highest BCUT2D eigenvalue weighted by Gasteiger charge is 2.48. The number of aliphatic hydroxyl groups is 2. The van der Waals surface area contributed by atoms with E-state index in [-0.39, 0.29) is 6.42 Å². The van der Waals surface area contributed by atoms with E-state index in [1.807, 2.05) is 6.92 Å². The third-order valence-corrected chi connectivity index (χ3v) is 8.99. The van der Waals surface area contributed by atoms with Crippen molar-refractivity contribution in [1.82, 2.24) is 0 Å². The summed E-state index contributed by atoms with van der Waals surface area (Å²) < 4.78 is 40.9. The van der Waals surface area contributed by atoms with Crippen LogP contribution >= 0.6 is 15.2 Å². The smallest absolute Gasteiger partial charge is 0.388 e. The topological polar surface area (TPSA) is 143 Å². The molecule has 1 saturated heterocycles. The Morgan fingerprint density at radius 2 is 1.67 bits per heavy atom. The Kier molecular flexibility index (Phi) is 8.00. The fourth-order valence-electron chi connectivity index (χ4n) is 3.24. The zero-order chi connectivity index (χ0) is 21.4. The van der Waals surface area contributed by atoms with Gasteiger partial charge < -0.3 is 29.3 Å². The van der Waals surface area contributed by atoms with E-state index in [0.29, 0.717) is 6.42 Å². The molecule has 0 saturated carbocycles. The molecule has 4 N–H and O–H groups in total. The van der Waals surface area contributed by atoms with Crippen molar-refractivity contribution in [2.45, 2.75) is 88.6 Å². The van der Waals surface area contributed by atoms with Crippen molar-refractivity contribution in [3.63, 3.8) is 0 Å². The molecule has 0 spiro atoms. The Morgan fingerprint density at radius 1 is 1.15 bits per heavy atom. The number of phosphoric acid groups is 1. The molecule has 0 aromatic rings. The van der Waals surface area contributed by atoms with Gasteiger partial charge in [-0.05, 0) is 27.2 Å². The van der Waals surface area contributed by atoms with E-state index in [2.05, 4.69) is 0 Å². The fraction of sp³-hybridized carbons (Fsp3) is 1.00. The second kappa shape index (κ2) is 8.54. The summed E-state index contributed by atoms with van der Waals surface area (Å²) >= 11 is 0. The molecule has 0 aliphatic carbocycles. The van der Waals surface area contributed by atoms with Crippen molar-refractivity contribution in [2.24, 2.45) is 0 Å². The molecule has 1 aliphatic rings. The van der Waals surface area contributed by atoms with Crippen LogP contribution in [0.4, 0.5) is 0 Å². The predicted molar refractivity (Wildman–Crippen MR) is 104 cm³/mol. The van der Waals surface area contributed by atoms with E-state index < -0.39 is 56.4 Å². The summed E-state index contributed by atoms with van der Waals surface area (Å²) in [5.74, 6) is 0. The molecule has 0 aromatic carbocycles. The van der Waals surface area contributed by atoms with Gasteiger partial charge in [0.25, 0.3) is 0 Å². The Balaban J connectivity index is 2.96. The predicted octanol–water partition coefficient (Wildman–Crippen LogP) is 0.826. The minimum atomic E-state index is -4.77. The molecule has 3 unspecified atom stereocenters. The summed E-state index contributed by atoms with van der Waals surface area (Å²) in [6.45, 7) is 9.42. The number of hydrogen-bond donors (Lipinski definition) is 4. The molecule has 1 heterocycles. The third-order valence-electron chi connectivity index (χ3n) is 5.45. The highest BCUT2D eigenvalue weighted by molar-refractivity contribution is 7.59. The Labute approximate surface area is 161 Å². The van der Waals surface area contributed by atoms with Crippen LogP contribution in [-0.2, 0) is 22.9 Å². The van der Waals surface area contributed by atoms with E-state index in [9.17, 15) is 19.3 Å². The van der Waals surface area contributed by atoms with E-state index in [0.717, 1.165) is 0 Å². The van der Waals surface area contributed by atoms with Gasteiger partial charge in [0, 0.05) is 13.1 Å². The van der Waals surface area contributed by atoms with Gasteiger partial charge >= 0.3 is 7.82 Å². The zero-order valence-corrected chi connectivity index (χ0v) is 18.8. The summed E-state index contributed by atoms with van der Waals surface area (Å²) in [6.07, 6.45) is -2.09. The van der Waals surface area contributed by atoms with Crippen LogP contribution in [0.3, 0.4) is 0 Å². The van der Waals surface area contributed by atoms with E-state index in [1.165, 1.54) is 20.5 Å². The number of ether oxygens (including phenoxy) is 1. The molecule has 0 bridgehead atoms. The standard InChI is InChI=1S/C15H33BO9P2/c1-7-15(5,8-10-11(17)12(18)13(16)23-10)25-26(6,19)9(2)14(3,4)24-27(20,21)22/h9-13,17-18H,7-8,16H2,1-6H3,(H2,20,21,22)/t9?,10-,11-,12-,13-,15?,26?/m1/s1. The van der Waals surface area contributed by atoms with Crippen molar-refractivity contribution in [1.29, 1.82) is 0 Å². The first-order chi connectivity index (χ1) is 11.9. The molecule has 1 fully saturated rings. The molecule has 1 aliphatic heterocycles. The van der Waals surface area contributed by atoms with Gasteiger partial charge in [0.05, 0.1) is 29.0 Å². The average Bonchev–Trinajstić information content (AvgIpc) is 2.70. The van der Waals surface area contributed by atoms with Crippen LogP contribution in [0.1, 0.15) is 47.5 Å². The molecule has 0 aromatic heterocycles. The van der Waals surface area contributed by atoms with Crippen molar-refractivity contribution < 1.29 is 42.9 Å². The first-order valence-corrected chi connectivity index (χ1v) is 12.7. The molecule has 1 rings (SSSR count). The maximum atomic E-state index is 13.3. The van der Waals surface area contributed by atoms with Crippen LogP contribution in [0.5, 0.6) is 0 Å². The highest BCUT2D eigenvalue weighted by atomic mass is 31.2. The Hall–Kier alpha value is 0.245. The number of hydrogen-bond acceptors (Lipinski definition) is 7. The van der Waals surface area contributed by atoms with Crippen molar-refractivity contribution >= 4 is 23.0 Å². The third kappa shape index (κ3) is 6.63. The summed E-state index contributed by atoms with van der Waals surface area (Å²) in [5, 5.41) is 20.0. The molecule has 9 nitrogen and oxygen atoms in total. The minimum Gasteiger partial charge on any atom is -0.388 e. The van der Waals surface area contributed by atoms with Crippen LogP contribution in [0.15, 0.2) is 0 Å². The van der Waals surface area contributed by atoms with Gasteiger partial charge in [0.15, 0.2) is 0 Å². The maximum Gasteiger partial charge on any atom is 0.470 e. The molecule has 12 heteroatoms. The summed E-state index contributed by atoms with van der Waals surface area (Å²) in [4.78, 5) is 18.2. The Bertz CT molecular complexity index is 610. The Morgan fingerprint density at radius 3 is 2.04 bits per heavy atom. The van der Waals surface area contributed by atoms with Gasteiger partial charge in [0.2, 0.25) is 7.37 Å². The normalized spacial score (nSPS) is 32.7. The number of rotatable bonds is 9. The van der Waals surface area contributed by atoms with Crippen LogP contribution in [-0.4, -0.2) is 75.7 Å². The van der Waals surface area contributed by atoms with E-state index >= 15 is 0 Å². The maximum absolute atomic E-state index is 13.3. The summed E-state index contributed by atoms with van der Waals surface area (Å²) in [5.41, 5.74) is -3.15. The largest absolute Gasteiger partial charge is 0.470 e. The van der Waals surface area contributed by atoms with Gasteiger partial charge in [-0.25, -0.2) is 4.57 Å². The van der Waals surface area contributed by atoms with Crippen LogP contribution < -0.4 is 0 Å². The monoisotopic (exact) mass is 430 g/mol. The first kappa shape index (κ1) is 25.3. The molecular weight excluding hydrogens is 397 g/mol. The second-order valence-corrected chi connectivity index (χ2v) is 12.2. The van der Waals surface area contributed by atoms with Crippen LogP contribution in [0.2, 0.25) is 0 Å². The van der Waals surface area contributed by atoms with Gasteiger partial charge in [-0.2, -0.15) is 0 Å². The van der Waals surface area contributed by atoms with Crippen LogP contribution in [0.25, 0.3) is 0 Å². The van der Waals surface area contributed by atoms with Crippen molar-refractivity contribution in [2.75, 3.05) is 6.66 Å². The molecule has 0 amide bonds. The molecule has 7 atom stereocenters. The van der Waals surface area contributed by atoms with Crippen LogP contribution in [0, 0.1) is 0 Å². The molecular formula is C15H33BO9P2. The lowest BCUT2D eigenvalue weighted by Gasteiger charge is -2.40. The number of phosphoric ester groups is 1. The first-order valence-electron chi connectivity index (χ1n) is 9.00. The minimum absolute atomic E-state index is 0.205. The van der Waals surface area contributed by atoms with Crippen molar-refractivity contribution in [3.05, 3.63) is 0 Å². The van der Waals surface area contributed by atoms with Gasteiger partial charge in [-0.15, -0.1) is 0 Å². The van der Waals surface area contributed by atoms with E-state index in [4.69, 9.17) is 23.6 Å². The lowest BCUT2D eigenvalue weighted by atomic mass is 9.90. The van der Waals surface area contributed by atoms with Gasteiger partial charge in [-0.1, -0.05) is 13.8 Å². The molecule has 0 radical (unpaired) electrons. The SMILES string of the molecule is B[C@@H]1O[C@H](CC(C)(CC)OP(C)(=O)C(C)C(C)(C)OP(=O)(O)O)[C@@H](O)[C@H]1O. The van der Waals surface area contributed by atoms with Gasteiger partial charge in [-0.3, -0.25) is 9.09 Å².